The number of hydrogen-bond acceptors (Lipinski definition) is 5. The number of fused-ring (bicyclic) bond motifs is 3. The Bertz CT molecular complexity index is 1330. The first kappa shape index (κ1) is 23.6. The third-order valence-electron chi connectivity index (χ3n) is 8.23. The fourth-order valence-corrected chi connectivity index (χ4v) is 6.35. The van der Waals surface area contributed by atoms with Crippen LogP contribution in [0.4, 0.5) is 10.1 Å². The fraction of sp³-hybridized carbons (Fsp3) is 0.500. The molecule has 5 rings (SSSR count). The second kappa shape index (κ2) is 9.17. The van der Waals surface area contributed by atoms with Gasteiger partial charge in [-0.05, 0) is 78.7 Å². The van der Waals surface area contributed by atoms with Gasteiger partial charge in [0.1, 0.15) is 11.6 Å². The fourth-order valence-electron chi connectivity index (χ4n) is 6.35. The highest BCUT2D eigenvalue weighted by Crippen LogP contribution is 2.56. The Morgan fingerprint density at radius 3 is 2.80 bits per heavy atom. The van der Waals surface area contributed by atoms with Crippen LogP contribution >= 0.6 is 0 Å². The molecule has 3 aromatic rings. The summed E-state index contributed by atoms with van der Waals surface area (Å²) < 4.78 is 20.8. The molecule has 0 aliphatic heterocycles. The minimum absolute atomic E-state index is 0.146. The van der Waals surface area contributed by atoms with Crippen LogP contribution in [0.3, 0.4) is 0 Å². The molecule has 2 fully saturated rings. The second-order valence-corrected chi connectivity index (χ2v) is 10.9. The normalized spacial score (nSPS) is 25.4. The summed E-state index contributed by atoms with van der Waals surface area (Å²) in [5, 5.41) is 9.81. The second-order valence-electron chi connectivity index (χ2n) is 10.9. The van der Waals surface area contributed by atoms with Gasteiger partial charge in [-0.25, -0.2) is 9.37 Å². The van der Waals surface area contributed by atoms with Crippen LogP contribution in [0.5, 0.6) is 5.75 Å². The van der Waals surface area contributed by atoms with E-state index in [4.69, 9.17) is 9.85 Å². The zero-order valence-electron chi connectivity index (χ0n) is 20.9. The summed E-state index contributed by atoms with van der Waals surface area (Å²) in [4.78, 5) is 17.5. The van der Waals surface area contributed by atoms with Gasteiger partial charge in [0.05, 0.1) is 36.1 Å². The van der Waals surface area contributed by atoms with Gasteiger partial charge >= 0.3 is 0 Å². The van der Waals surface area contributed by atoms with E-state index in [0.29, 0.717) is 58.1 Å². The number of halogens is 1. The van der Waals surface area contributed by atoms with Crippen molar-refractivity contribution in [1.82, 2.24) is 9.55 Å². The summed E-state index contributed by atoms with van der Waals surface area (Å²) in [7, 11) is 1.50. The van der Waals surface area contributed by atoms with E-state index in [-0.39, 0.29) is 17.4 Å². The van der Waals surface area contributed by atoms with E-state index < -0.39 is 0 Å². The number of nitrogens with zero attached hydrogens (tertiary/aromatic N) is 4. The average molecular weight is 477 g/mol. The predicted molar refractivity (Wildman–Crippen MR) is 135 cm³/mol. The maximum atomic E-state index is 14.3. The van der Waals surface area contributed by atoms with Gasteiger partial charge in [0.2, 0.25) is 0 Å². The van der Waals surface area contributed by atoms with E-state index in [1.165, 1.54) is 36.9 Å². The Balaban J connectivity index is 1.31. The number of azo groups is 1. The minimum Gasteiger partial charge on any atom is -0.497 e. The summed E-state index contributed by atoms with van der Waals surface area (Å²) >= 11 is 0. The molecule has 2 saturated carbocycles. The number of aryl methyl sites for hydroxylation is 2. The monoisotopic (exact) mass is 476 g/mol. The maximum absolute atomic E-state index is 14.3. The number of methoxy groups -OCH3 is 1. The summed E-state index contributed by atoms with van der Waals surface area (Å²) in [5.74, 6) is 2.10. The Morgan fingerprint density at radius 1 is 1.20 bits per heavy atom. The lowest BCUT2D eigenvalue weighted by Gasteiger charge is -2.36. The van der Waals surface area contributed by atoms with E-state index in [1.807, 2.05) is 12.1 Å². The number of hydrogen-bond donors (Lipinski definition) is 0. The summed E-state index contributed by atoms with van der Waals surface area (Å²) in [6, 6.07) is 10.4. The van der Waals surface area contributed by atoms with Crippen molar-refractivity contribution in [3.05, 3.63) is 64.5 Å². The topological polar surface area (TPSA) is 68.8 Å². The standard InChI is InChI=1S/C28H33FN4O2/c1-17-23-11-18(15-28(23,2)3)12-25(17)32-31-20-6-8-22-26(13-20)30-16-33(27(22)34)10-9-19-5-7-21(35-4)14-24(19)29/h5-8,13-14,16-18,23,25H,9-12,15H2,1-4H3/t17-,18?,23-,25?/m0/s1. The molecule has 184 valence electrons. The van der Waals surface area contributed by atoms with Crippen LogP contribution in [0.15, 0.2) is 57.7 Å². The molecule has 1 aromatic heterocycles. The van der Waals surface area contributed by atoms with Crippen molar-refractivity contribution >= 4 is 16.6 Å². The van der Waals surface area contributed by atoms with E-state index in [2.05, 4.69) is 30.9 Å². The Morgan fingerprint density at radius 2 is 2.03 bits per heavy atom. The molecule has 0 N–H and O–H groups in total. The van der Waals surface area contributed by atoms with Crippen molar-refractivity contribution < 1.29 is 9.13 Å². The van der Waals surface area contributed by atoms with Gasteiger partial charge in [-0.15, -0.1) is 0 Å². The zero-order chi connectivity index (χ0) is 24.7. The average Bonchev–Trinajstić information content (AvgIpc) is 3.10. The summed E-state index contributed by atoms with van der Waals surface area (Å²) in [6.07, 6.45) is 5.61. The lowest BCUT2D eigenvalue weighted by molar-refractivity contribution is 0.153. The van der Waals surface area contributed by atoms with Crippen LogP contribution in [-0.4, -0.2) is 22.7 Å². The maximum Gasteiger partial charge on any atom is 0.261 e. The van der Waals surface area contributed by atoms with Gasteiger partial charge in [0, 0.05) is 12.6 Å². The Kier molecular flexibility index (Phi) is 6.20. The van der Waals surface area contributed by atoms with Crippen molar-refractivity contribution in [2.75, 3.05) is 7.11 Å². The number of rotatable bonds is 6. The molecule has 2 aromatic carbocycles. The molecule has 2 bridgehead atoms. The molecule has 7 heteroatoms. The van der Waals surface area contributed by atoms with E-state index in [0.717, 1.165) is 12.3 Å². The van der Waals surface area contributed by atoms with Crippen LogP contribution in [0, 0.1) is 29.0 Å². The van der Waals surface area contributed by atoms with Crippen molar-refractivity contribution in [2.45, 2.75) is 59.0 Å². The van der Waals surface area contributed by atoms with Gasteiger partial charge in [0.15, 0.2) is 0 Å². The number of ether oxygens (including phenoxy) is 1. The highest BCUT2D eigenvalue weighted by atomic mass is 19.1. The number of benzene rings is 2. The Hall–Kier alpha value is -3.09. The molecule has 2 aliphatic rings. The van der Waals surface area contributed by atoms with Crippen LogP contribution in [0.25, 0.3) is 10.9 Å². The SMILES string of the molecule is COc1ccc(CCn2cnc3cc(N=NC4CC5C[C@@H]([C@@H]4C)C(C)(C)C5)ccc3c2=O)c(F)c1. The molecule has 0 spiro atoms. The lowest BCUT2D eigenvalue weighted by atomic mass is 9.71. The molecule has 2 aliphatic carbocycles. The highest BCUT2D eigenvalue weighted by Gasteiger charge is 2.49. The molecule has 2 unspecified atom stereocenters. The Labute approximate surface area is 205 Å². The first-order valence-corrected chi connectivity index (χ1v) is 12.5. The number of aromatic nitrogens is 2. The van der Waals surface area contributed by atoms with Crippen LogP contribution in [-0.2, 0) is 13.0 Å². The van der Waals surface area contributed by atoms with E-state index in [9.17, 15) is 9.18 Å². The van der Waals surface area contributed by atoms with Gasteiger partial charge in [-0.2, -0.15) is 10.2 Å². The van der Waals surface area contributed by atoms with Crippen LogP contribution in [0.1, 0.15) is 45.6 Å². The zero-order valence-corrected chi connectivity index (χ0v) is 20.9. The third kappa shape index (κ3) is 4.60. The van der Waals surface area contributed by atoms with Crippen molar-refractivity contribution in [2.24, 2.45) is 33.4 Å². The van der Waals surface area contributed by atoms with Gasteiger partial charge < -0.3 is 4.74 Å². The first-order valence-electron chi connectivity index (χ1n) is 12.5. The smallest absolute Gasteiger partial charge is 0.261 e. The molecule has 35 heavy (non-hydrogen) atoms. The van der Waals surface area contributed by atoms with Crippen molar-refractivity contribution in [3.63, 3.8) is 0 Å². The molecule has 0 amide bonds. The largest absolute Gasteiger partial charge is 0.497 e. The molecule has 1 heterocycles. The van der Waals surface area contributed by atoms with E-state index in [1.54, 1.807) is 18.2 Å². The van der Waals surface area contributed by atoms with Gasteiger partial charge in [0.25, 0.3) is 5.56 Å². The van der Waals surface area contributed by atoms with Crippen LogP contribution in [0.2, 0.25) is 0 Å². The van der Waals surface area contributed by atoms with Crippen molar-refractivity contribution in [3.8, 4) is 5.75 Å². The molecule has 4 atom stereocenters. The quantitative estimate of drug-likeness (QED) is 0.390. The van der Waals surface area contributed by atoms with Gasteiger partial charge in [-0.3, -0.25) is 9.36 Å². The molecule has 0 saturated heterocycles. The summed E-state index contributed by atoms with van der Waals surface area (Å²) in [5.41, 5.74) is 2.08. The molecule has 6 nitrogen and oxygen atoms in total. The molecular formula is C28H33FN4O2. The highest BCUT2D eigenvalue weighted by molar-refractivity contribution is 5.80. The summed E-state index contributed by atoms with van der Waals surface area (Å²) in [6.45, 7) is 7.44. The van der Waals surface area contributed by atoms with Crippen molar-refractivity contribution in [1.29, 1.82) is 0 Å². The minimum atomic E-state index is -0.343. The molecule has 0 radical (unpaired) electrons. The third-order valence-corrected chi connectivity index (χ3v) is 8.23. The lowest BCUT2D eigenvalue weighted by Crippen LogP contribution is -2.32. The van der Waals surface area contributed by atoms with Gasteiger partial charge in [-0.1, -0.05) is 26.8 Å². The van der Waals surface area contributed by atoms with E-state index >= 15 is 0 Å². The molecular weight excluding hydrogens is 443 g/mol. The first-order chi connectivity index (χ1) is 16.7. The van der Waals surface area contributed by atoms with Crippen LogP contribution < -0.4 is 10.3 Å². The predicted octanol–water partition coefficient (Wildman–Crippen LogP) is 6.33.